The van der Waals surface area contributed by atoms with E-state index in [4.69, 9.17) is 14.3 Å². The zero-order valence-electron chi connectivity index (χ0n) is 9.38. The summed E-state index contributed by atoms with van der Waals surface area (Å²) in [6.45, 7) is 2.40. The summed E-state index contributed by atoms with van der Waals surface area (Å²) in [4.78, 5) is 24.2. The number of carboxylic acids is 1. The van der Waals surface area contributed by atoms with Gasteiger partial charge in [-0.25, -0.2) is 4.79 Å². The normalized spacial score (nSPS) is 20.3. The number of morpholine rings is 1. The molecule has 0 unspecified atom stereocenters. The summed E-state index contributed by atoms with van der Waals surface area (Å²) in [6.07, 6.45) is -0.955. The largest absolute Gasteiger partial charge is 0.479 e. The average molecular weight is 239 g/mol. The molecule has 2 rings (SSSR count). The van der Waals surface area contributed by atoms with Gasteiger partial charge in [0, 0.05) is 6.54 Å². The lowest BCUT2D eigenvalue weighted by Crippen LogP contribution is -2.48. The lowest BCUT2D eigenvalue weighted by atomic mass is 10.2. The van der Waals surface area contributed by atoms with E-state index in [9.17, 15) is 9.59 Å². The summed E-state index contributed by atoms with van der Waals surface area (Å²) in [7, 11) is 0. The summed E-state index contributed by atoms with van der Waals surface area (Å²) in [5, 5.41) is 8.83. The molecule has 1 aromatic heterocycles. The van der Waals surface area contributed by atoms with Gasteiger partial charge in [-0.05, 0) is 19.1 Å². The predicted molar refractivity (Wildman–Crippen MR) is 56.7 cm³/mol. The van der Waals surface area contributed by atoms with Crippen LogP contribution in [-0.4, -0.2) is 47.7 Å². The van der Waals surface area contributed by atoms with Crippen molar-refractivity contribution in [1.82, 2.24) is 4.90 Å². The van der Waals surface area contributed by atoms with Crippen molar-refractivity contribution in [2.24, 2.45) is 0 Å². The number of furan rings is 1. The Bertz CT molecular complexity index is 439. The molecule has 6 nitrogen and oxygen atoms in total. The minimum Gasteiger partial charge on any atom is -0.479 e. The van der Waals surface area contributed by atoms with Gasteiger partial charge in [0.15, 0.2) is 11.9 Å². The molecule has 0 saturated carbocycles. The minimum absolute atomic E-state index is 0.0495. The van der Waals surface area contributed by atoms with Crippen LogP contribution in [0.25, 0.3) is 0 Å². The Labute approximate surface area is 97.8 Å². The van der Waals surface area contributed by atoms with Gasteiger partial charge in [-0.1, -0.05) is 0 Å². The van der Waals surface area contributed by atoms with Crippen LogP contribution in [0.3, 0.4) is 0 Å². The van der Waals surface area contributed by atoms with Crippen molar-refractivity contribution in [3.05, 3.63) is 23.7 Å². The Morgan fingerprint density at radius 2 is 2.24 bits per heavy atom. The van der Waals surface area contributed by atoms with Crippen molar-refractivity contribution in [1.29, 1.82) is 0 Å². The van der Waals surface area contributed by atoms with E-state index < -0.39 is 12.1 Å². The molecule has 6 heteroatoms. The van der Waals surface area contributed by atoms with Crippen molar-refractivity contribution in [3.63, 3.8) is 0 Å². The van der Waals surface area contributed by atoms with Crippen molar-refractivity contribution < 1.29 is 23.8 Å². The molecular weight excluding hydrogens is 226 g/mol. The summed E-state index contributed by atoms with van der Waals surface area (Å²) in [6, 6.07) is 3.28. The van der Waals surface area contributed by atoms with Gasteiger partial charge in [0.2, 0.25) is 0 Å². The molecule has 1 amide bonds. The zero-order chi connectivity index (χ0) is 12.4. The Hall–Kier alpha value is -1.82. The first-order chi connectivity index (χ1) is 8.08. The zero-order valence-corrected chi connectivity index (χ0v) is 9.38. The highest BCUT2D eigenvalue weighted by Crippen LogP contribution is 2.13. The molecule has 17 heavy (non-hydrogen) atoms. The topological polar surface area (TPSA) is 80.0 Å². The third-order valence-corrected chi connectivity index (χ3v) is 2.58. The van der Waals surface area contributed by atoms with E-state index in [2.05, 4.69) is 0 Å². The predicted octanol–water partition coefficient (Wildman–Crippen LogP) is 0.514. The van der Waals surface area contributed by atoms with Gasteiger partial charge in [0.05, 0.1) is 13.2 Å². The number of hydrogen-bond acceptors (Lipinski definition) is 4. The fourth-order valence-electron chi connectivity index (χ4n) is 1.69. The van der Waals surface area contributed by atoms with E-state index in [1.165, 1.54) is 4.90 Å². The number of rotatable bonds is 2. The number of aliphatic carboxylic acids is 1. The van der Waals surface area contributed by atoms with Gasteiger partial charge in [-0.15, -0.1) is 0 Å². The van der Waals surface area contributed by atoms with Crippen LogP contribution in [0, 0.1) is 6.92 Å². The van der Waals surface area contributed by atoms with Gasteiger partial charge < -0.3 is 19.2 Å². The smallest absolute Gasteiger partial charge is 0.334 e. The van der Waals surface area contributed by atoms with Crippen LogP contribution >= 0.6 is 0 Å². The minimum atomic E-state index is -1.06. The van der Waals surface area contributed by atoms with E-state index in [-0.39, 0.29) is 24.8 Å². The molecule has 0 bridgehead atoms. The first-order valence-corrected chi connectivity index (χ1v) is 5.28. The molecule has 1 aromatic rings. The van der Waals surface area contributed by atoms with Crippen LogP contribution in [0.4, 0.5) is 0 Å². The standard InChI is InChI=1S/C11H13NO5/c1-7-2-3-8(17-7)10(13)12-4-5-16-9(6-12)11(14)15/h2-3,9H,4-6H2,1H3,(H,14,15)/t9-/m1/s1. The van der Waals surface area contributed by atoms with Gasteiger partial charge in [-0.2, -0.15) is 0 Å². The first kappa shape index (κ1) is 11.7. The molecule has 2 heterocycles. The summed E-state index contributed by atoms with van der Waals surface area (Å²) in [5.74, 6) is -0.476. The molecule has 92 valence electrons. The monoisotopic (exact) mass is 239 g/mol. The highest BCUT2D eigenvalue weighted by atomic mass is 16.5. The molecule has 1 saturated heterocycles. The first-order valence-electron chi connectivity index (χ1n) is 5.28. The van der Waals surface area contributed by atoms with Crippen molar-refractivity contribution >= 4 is 11.9 Å². The van der Waals surface area contributed by atoms with E-state index in [1.54, 1.807) is 19.1 Å². The molecular formula is C11H13NO5. The van der Waals surface area contributed by atoms with E-state index >= 15 is 0 Å². The maximum atomic E-state index is 12.0. The van der Waals surface area contributed by atoms with Crippen molar-refractivity contribution in [2.45, 2.75) is 13.0 Å². The molecule has 0 radical (unpaired) electrons. The lowest BCUT2D eigenvalue weighted by Gasteiger charge is -2.30. The SMILES string of the molecule is Cc1ccc(C(=O)N2CCO[C@@H](C(=O)O)C2)o1. The van der Waals surface area contributed by atoms with E-state index in [1.807, 2.05) is 0 Å². The molecule has 0 spiro atoms. The highest BCUT2D eigenvalue weighted by Gasteiger charge is 2.30. The number of carbonyl (C=O) groups excluding carboxylic acids is 1. The molecule has 1 fully saturated rings. The van der Waals surface area contributed by atoms with Crippen molar-refractivity contribution in [3.8, 4) is 0 Å². The number of aryl methyl sites for hydroxylation is 1. The maximum absolute atomic E-state index is 12.0. The van der Waals surface area contributed by atoms with Crippen LogP contribution in [-0.2, 0) is 9.53 Å². The van der Waals surface area contributed by atoms with Crippen molar-refractivity contribution in [2.75, 3.05) is 19.7 Å². The Balaban J connectivity index is 2.07. The lowest BCUT2D eigenvalue weighted by molar-refractivity contribution is -0.154. The van der Waals surface area contributed by atoms with Gasteiger partial charge in [-0.3, -0.25) is 4.79 Å². The molecule has 1 aliphatic heterocycles. The number of amides is 1. The molecule has 0 aromatic carbocycles. The number of carboxylic acid groups (broad SMARTS) is 1. The summed E-state index contributed by atoms with van der Waals surface area (Å²) < 4.78 is 10.3. The number of hydrogen-bond donors (Lipinski definition) is 1. The van der Waals surface area contributed by atoms with Gasteiger partial charge in [0.25, 0.3) is 5.91 Å². The quantitative estimate of drug-likeness (QED) is 0.813. The second-order valence-corrected chi connectivity index (χ2v) is 3.86. The van der Waals surface area contributed by atoms with E-state index in [0.29, 0.717) is 12.3 Å². The van der Waals surface area contributed by atoms with Crippen LogP contribution in [0.5, 0.6) is 0 Å². The Kier molecular flexibility index (Phi) is 3.14. The molecule has 0 aliphatic carbocycles. The highest BCUT2D eigenvalue weighted by molar-refractivity contribution is 5.92. The fourth-order valence-corrected chi connectivity index (χ4v) is 1.69. The second-order valence-electron chi connectivity index (χ2n) is 3.86. The number of nitrogens with zero attached hydrogens (tertiary/aromatic N) is 1. The van der Waals surface area contributed by atoms with Gasteiger partial charge in [0.1, 0.15) is 5.76 Å². The second kappa shape index (κ2) is 4.58. The fraction of sp³-hybridized carbons (Fsp3) is 0.455. The van der Waals surface area contributed by atoms with Crippen LogP contribution < -0.4 is 0 Å². The third-order valence-electron chi connectivity index (χ3n) is 2.58. The third kappa shape index (κ3) is 2.47. The van der Waals surface area contributed by atoms with Crippen LogP contribution in [0.1, 0.15) is 16.3 Å². The summed E-state index contributed by atoms with van der Waals surface area (Å²) >= 11 is 0. The van der Waals surface area contributed by atoms with Crippen LogP contribution in [0.2, 0.25) is 0 Å². The maximum Gasteiger partial charge on any atom is 0.334 e. The average Bonchev–Trinajstić information content (AvgIpc) is 2.75. The number of carbonyl (C=O) groups is 2. The molecule has 1 aliphatic rings. The Morgan fingerprint density at radius 1 is 1.47 bits per heavy atom. The number of ether oxygens (including phenoxy) is 1. The molecule has 1 atom stereocenters. The van der Waals surface area contributed by atoms with Crippen LogP contribution in [0.15, 0.2) is 16.5 Å². The van der Waals surface area contributed by atoms with E-state index in [0.717, 1.165) is 0 Å². The molecule has 1 N–H and O–H groups in total. The van der Waals surface area contributed by atoms with Gasteiger partial charge >= 0.3 is 5.97 Å². The Morgan fingerprint density at radius 3 is 2.82 bits per heavy atom. The summed E-state index contributed by atoms with van der Waals surface area (Å²) in [5.41, 5.74) is 0.